The van der Waals surface area contributed by atoms with Crippen molar-refractivity contribution in [1.29, 1.82) is 0 Å². The van der Waals surface area contributed by atoms with Crippen LogP contribution in [-0.4, -0.2) is 18.2 Å². The number of methoxy groups -OCH3 is 1. The number of benzene rings is 1. The van der Waals surface area contributed by atoms with Crippen LogP contribution in [0.2, 0.25) is 0 Å². The maximum atomic E-state index is 10.9. The molecular weight excluding hydrogens is 228 g/mol. The lowest BCUT2D eigenvalue weighted by molar-refractivity contribution is -0.136. The van der Waals surface area contributed by atoms with E-state index in [0.717, 1.165) is 22.4 Å². The fourth-order valence-electron chi connectivity index (χ4n) is 2.11. The molecule has 0 heterocycles. The van der Waals surface area contributed by atoms with Gasteiger partial charge in [0.15, 0.2) is 0 Å². The highest BCUT2D eigenvalue weighted by molar-refractivity contribution is 5.70. The van der Waals surface area contributed by atoms with E-state index in [4.69, 9.17) is 9.84 Å². The van der Waals surface area contributed by atoms with Gasteiger partial charge < -0.3 is 9.84 Å². The molecule has 0 spiro atoms. The van der Waals surface area contributed by atoms with Gasteiger partial charge in [0, 0.05) is 0 Å². The molecule has 0 aliphatic rings. The van der Waals surface area contributed by atoms with Gasteiger partial charge in [-0.05, 0) is 28.5 Å². The Balaban J connectivity index is 3.38. The van der Waals surface area contributed by atoms with Crippen LogP contribution in [0.15, 0.2) is 12.1 Å². The number of hydrogen-bond acceptors (Lipinski definition) is 2. The molecule has 0 bridgehead atoms. The zero-order chi connectivity index (χ0) is 13.9. The Labute approximate surface area is 109 Å². The molecule has 3 heteroatoms. The van der Waals surface area contributed by atoms with Gasteiger partial charge in [0.1, 0.15) is 5.75 Å². The van der Waals surface area contributed by atoms with Crippen LogP contribution >= 0.6 is 0 Å². The normalized spacial score (nSPS) is 11.1. The van der Waals surface area contributed by atoms with E-state index in [-0.39, 0.29) is 6.42 Å². The van der Waals surface area contributed by atoms with Crippen LogP contribution in [0.1, 0.15) is 56.2 Å². The zero-order valence-corrected chi connectivity index (χ0v) is 11.8. The van der Waals surface area contributed by atoms with Gasteiger partial charge in [0.25, 0.3) is 0 Å². The molecule has 1 aromatic rings. The van der Waals surface area contributed by atoms with Crippen molar-refractivity contribution < 1.29 is 14.6 Å². The van der Waals surface area contributed by atoms with E-state index >= 15 is 0 Å². The summed E-state index contributed by atoms with van der Waals surface area (Å²) >= 11 is 0. The van der Waals surface area contributed by atoms with E-state index in [2.05, 4.69) is 27.7 Å². The van der Waals surface area contributed by atoms with Crippen LogP contribution < -0.4 is 4.74 Å². The standard InChI is InChI=1S/C15H22O3/c1-9(2)12-6-11(8-14(16)17)7-13(10(3)4)15(12)18-5/h6-7,9-10H,8H2,1-5H3,(H,16,17). The van der Waals surface area contributed by atoms with Crippen molar-refractivity contribution >= 4 is 5.97 Å². The number of hydrogen-bond donors (Lipinski definition) is 1. The first-order valence-electron chi connectivity index (χ1n) is 6.29. The minimum absolute atomic E-state index is 0.0590. The molecule has 1 N–H and O–H groups in total. The molecule has 1 rings (SSSR count). The molecule has 3 nitrogen and oxygen atoms in total. The Morgan fingerprint density at radius 3 is 1.89 bits per heavy atom. The number of carboxylic acids is 1. The van der Waals surface area contributed by atoms with Gasteiger partial charge >= 0.3 is 5.97 Å². The van der Waals surface area contributed by atoms with Crippen molar-refractivity contribution in [2.75, 3.05) is 7.11 Å². The second kappa shape index (κ2) is 5.89. The monoisotopic (exact) mass is 250 g/mol. The summed E-state index contributed by atoms with van der Waals surface area (Å²) in [6.45, 7) is 8.36. The molecule has 0 atom stereocenters. The van der Waals surface area contributed by atoms with E-state index in [9.17, 15) is 4.79 Å². The quantitative estimate of drug-likeness (QED) is 0.869. The summed E-state index contributed by atoms with van der Waals surface area (Å²) in [4.78, 5) is 10.9. The molecule has 0 aliphatic carbocycles. The molecule has 0 fully saturated rings. The fraction of sp³-hybridized carbons (Fsp3) is 0.533. The largest absolute Gasteiger partial charge is 0.496 e. The average Bonchev–Trinajstić information content (AvgIpc) is 2.26. The van der Waals surface area contributed by atoms with E-state index in [1.807, 2.05) is 12.1 Å². The van der Waals surface area contributed by atoms with Crippen LogP contribution in [0.25, 0.3) is 0 Å². The van der Waals surface area contributed by atoms with Gasteiger partial charge in [-0.15, -0.1) is 0 Å². The molecule has 0 amide bonds. The summed E-state index contributed by atoms with van der Waals surface area (Å²) in [6, 6.07) is 3.90. The predicted octanol–water partition coefficient (Wildman–Crippen LogP) is 3.57. The predicted molar refractivity (Wildman–Crippen MR) is 72.5 cm³/mol. The van der Waals surface area contributed by atoms with Crippen LogP contribution in [-0.2, 0) is 11.2 Å². The van der Waals surface area contributed by atoms with Gasteiger partial charge in [0.2, 0.25) is 0 Å². The smallest absolute Gasteiger partial charge is 0.307 e. The van der Waals surface area contributed by atoms with Gasteiger partial charge in [-0.3, -0.25) is 4.79 Å². The number of carboxylic acid groups (broad SMARTS) is 1. The Bertz CT molecular complexity index is 404. The Hall–Kier alpha value is -1.51. The van der Waals surface area contributed by atoms with Crippen molar-refractivity contribution in [2.24, 2.45) is 0 Å². The third-order valence-electron chi connectivity index (χ3n) is 3.01. The molecule has 0 aromatic heterocycles. The van der Waals surface area contributed by atoms with E-state index in [0.29, 0.717) is 11.8 Å². The zero-order valence-electron chi connectivity index (χ0n) is 11.8. The summed E-state index contributed by atoms with van der Waals surface area (Å²) in [5, 5.41) is 8.92. The van der Waals surface area contributed by atoms with Crippen LogP contribution in [0.5, 0.6) is 5.75 Å². The van der Waals surface area contributed by atoms with Crippen molar-refractivity contribution in [3.05, 3.63) is 28.8 Å². The van der Waals surface area contributed by atoms with Gasteiger partial charge in [-0.2, -0.15) is 0 Å². The number of aliphatic carboxylic acids is 1. The van der Waals surface area contributed by atoms with Crippen LogP contribution in [0, 0.1) is 0 Å². The molecule has 1 aromatic carbocycles. The van der Waals surface area contributed by atoms with E-state index in [1.54, 1.807) is 7.11 Å². The Morgan fingerprint density at radius 2 is 1.61 bits per heavy atom. The molecule has 18 heavy (non-hydrogen) atoms. The second-order valence-corrected chi connectivity index (χ2v) is 5.19. The van der Waals surface area contributed by atoms with Crippen LogP contribution in [0.4, 0.5) is 0 Å². The molecule has 0 unspecified atom stereocenters. The summed E-state index contributed by atoms with van der Waals surface area (Å²) < 4.78 is 5.51. The number of carbonyl (C=O) groups is 1. The minimum atomic E-state index is -0.801. The molecule has 0 saturated carbocycles. The number of rotatable bonds is 5. The van der Waals surface area contributed by atoms with E-state index < -0.39 is 5.97 Å². The summed E-state index contributed by atoms with van der Waals surface area (Å²) in [5.41, 5.74) is 3.01. The van der Waals surface area contributed by atoms with Crippen molar-refractivity contribution in [3.8, 4) is 5.75 Å². The molecule has 0 radical (unpaired) electrons. The van der Waals surface area contributed by atoms with Gasteiger partial charge in [0.05, 0.1) is 13.5 Å². The average molecular weight is 250 g/mol. The summed E-state index contributed by atoms with van der Waals surface area (Å²) in [6.07, 6.45) is 0.0590. The summed E-state index contributed by atoms with van der Waals surface area (Å²) in [7, 11) is 1.67. The minimum Gasteiger partial charge on any atom is -0.496 e. The molecule has 100 valence electrons. The molecule has 0 aliphatic heterocycles. The van der Waals surface area contributed by atoms with Crippen molar-refractivity contribution in [1.82, 2.24) is 0 Å². The highest BCUT2D eigenvalue weighted by Gasteiger charge is 2.17. The lowest BCUT2D eigenvalue weighted by Gasteiger charge is -2.20. The number of ether oxygens (including phenoxy) is 1. The second-order valence-electron chi connectivity index (χ2n) is 5.19. The molecular formula is C15H22O3. The Kier molecular flexibility index (Phi) is 4.76. The van der Waals surface area contributed by atoms with Crippen molar-refractivity contribution in [3.63, 3.8) is 0 Å². The van der Waals surface area contributed by atoms with Crippen LogP contribution in [0.3, 0.4) is 0 Å². The highest BCUT2D eigenvalue weighted by Crippen LogP contribution is 2.35. The highest BCUT2D eigenvalue weighted by atomic mass is 16.5. The maximum Gasteiger partial charge on any atom is 0.307 e. The first kappa shape index (κ1) is 14.6. The molecule has 0 saturated heterocycles. The third-order valence-corrected chi connectivity index (χ3v) is 3.01. The topological polar surface area (TPSA) is 46.5 Å². The summed E-state index contributed by atoms with van der Waals surface area (Å²) in [5.74, 6) is 0.719. The lowest BCUT2D eigenvalue weighted by Crippen LogP contribution is -2.06. The maximum absolute atomic E-state index is 10.9. The first-order valence-corrected chi connectivity index (χ1v) is 6.29. The fourth-order valence-corrected chi connectivity index (χ4v) is 2.11. The van der Waals surface area contributed by atoms with Crippen molar-refractivity contribution in [2.45, 2.75) is 46.0 Å². The lowest BCUT2D eigenvalue weighted by atomic mass is 9.90. The SMILES string of the molecule is COc1c(C(C)C)cc(CC(=O)O)cc1C(C)C. The van der Waals surface area contributed by atoms with E-state index in [1.165, 1.54) is 0 Å². The van der Waals surface area contributed by atoms with Gasteiger partial charge in [-0.25, -0.2) is 0 Å². The first-order chi connectivity index (χ1) is 8.36. The third kappa shape index (κ3) is 3.25. The Morgan fingerprint density at radius 1 is 1.17 bits per heavy atom. The van der Waals surface area contributed by atoms with Gasteiger partial charge in [-0.1, -0.05) is 39.8 Å².